The Balaban J connectivity index is 1.83. The van der Waals surface area contributed by atoms with Crippen molar-refractivity contribution in [2.75, 3.05) is 18.4 Å². The van der Waals surface area contributed by atoms with Crippen LogP contribution in [0.15, 0.2) is 41.3 Å². The highest BCUT2D eigenvalue weighted by Gasteiger charge is 2.23. The molecular formula is C26H36N4O3S. The molecule has 34 heavy (non-hydrogen) atoms. The Hall–Kier alpha value is -2.71. The minimum Gasteiger partial charge on any atom is -0.328 e. The summed E-state index contributed by atoms with van der Waals surface area (Å²) in [5, 5.41) is 3.12. The minimum atomic E-state index is -3.56. The lowest BCUT2D eigenvalue weighted by Crippen LogP contribution is -2.30. The second kappa shape index (κ2) is 11.1. The molecule has 0 aliphatic rings. The molecule has 1 amide bonds. The molecule has 7 nitrogen and oxygen atoms in total. The van der Waals surface area contributed by atoms with Gasteiger partial charge in [-0.3, -0.25) is 4.79 Å². The second-order valence-electron chi connectivity index (χ2n) is 8.22. The third-order valence-corrected chi connectivity index (χ3v) is 8.34. The Morgan fingerprint density at radius 3 is 2.21 bits per heavy atom. The molecule has 184 valence electrons. The minimum absolute atomic E-state index is 0.0462. The summed E-state index contributed by atoms with van der Waals surface area (Å²) < 4.78 is 29.4. The fraction of sp³-hybridized carbons (Fsp3) is 0.462. The molecule has 8 heteroatoms. The molecule has 0 aliphatic heterocycles. The number of aromatic nitrogens is 2. The lowest BCUT2D eigenvalue weighted by atomic mass is 10.0. The Labute approximate surface area is 203 Å². The first-order chi connectivity index (χ1) is 16.3. The molecule has 3 rings (SSSR count). The number of para-hydroxylation sites is 1. The normalized spacial score (nSPS) is 11.9. The van der Waals surface area contributed by atoms with Crippen molar-refractivity contribution in [2.45, 2.75) is 71.7 Å². The summed E-state index contributed by atoms with van der Waals surface area (Å²) in [7, 11) is -3.56. The quantitative estimate of drug-likeness (QED) is 0.424. The zero-order valence-corrected chi connectivity index (χ0v) is 21.7. The van der Waals surface area contributed by atoms with Crippen molar-refractivity contribution in [2.24, 2.45) is 0 Å². The fourth-order valence-corrected chi connectivity index (χ4v) is 5.89. The van der Waals surface area contributed by atoms with Gasteiger partial charge in [-0.1, -0.05) is 45.9 Å². The topological polar surface area (TPSA) is 84.3 Å². The van der Waals surface area contributed by atoms with Crippen molar-refractivity contribution < 1.29 is 13.2 Å². The molecule has 0 spiro atoms. The molecule has 0 fully saturated rings. The molecule has 0 atom stereocenters. The number of benzene rings is 2. The summed E-state index contributed by atoms with van der Waals surface area (Å²) in [5.74, 6) is 0.736. The summed E-state index contributed by atoms with van der Waals surface area (Å²) in [6.07, 6.45) is 2.49. The maximum absolute atomic E-state index is 12.9. The average molecular weight is 485 g/mol. The summed E-state index contributed by atoms with van der Waals surface area (Å²) in [5.41, 5.74) is 4.70. The number of nitrogens with zero attached hydrogens (tertiary/aromatic N) is 3. The molecule has 0 saturated heterocycles. The van der Waals surface area contributed by atoms with E-state index >= 15 is 0 Å². The molecule has 0 unspecified atom stereocenters. The summed E-state index contributed by atoms with van der Waals surface area (Å²) in [4.78, 5) is 17.8. The van der Waals surface area contributed by atoms with Crippen molar-refractivity contribution in [1.29, 1.82) is 0 Å². The number of rotatable bonds is 11. The van der Waals surface area contributed by atoms with Crippen LogP contribution in [0.1, 0.15) is 58.0 Å². The van der Waals surface area contributed by atoms with Crippen LogP contribution in [0.25, 0.3) is 11.0 Å². The van der Waals surface area contributed by atoms with E-state index in [4.69, 9.17) is 4.98 Å². The molecule has 0 bridgehead atoms. The van der Waals surface area contributed by atoms with Gasteiger partial charge in [0.15, 0.2) is 0 Å². The monoisotopic (exact) mass is 484 g/mol. The van der Waals surface area contributed by atoms with Gasteiger partial charge in [-0.05, 0) is 49.1 Å². The number of hydrogen-bond acceptors (Lipinski definition) is 4. The Morgan fingerprint density at radius 2 is 1.65 bits per heavy atom. The zero-order chi connectivity index (χ0) is 24.9. The number of fused-ring (bicyclic) bond motifs is 1. The van der Waals surface area contributed by atoms with E-state index in [-0.39, 0.29) is 10.8 Å². The lowest BCUT2D eigenvalue weighted by Gasteiger charge is -2.18. The Morgan fingerprint density at radius 1 is 1.00 bits per heavy atom. The molecule has 3 aromatic rings. The largest absolute Gasteiger partial charge is 0.328 e. The van der Waals surface area contributed by atoms with Crippen LogP contribution >= 0.6 is 0 Å². The van der Waals surface area contributed by atoms with Crippen LogP contribution in [0.4, 0.5) is 5.69 Å². The van der Waals surface area contributed by atoms with Crippen LogP contribution in [0, 0.1) is 0 Å². The van der Waals surface area contributed by atoms with E-state index in [0.29, 0.717) is 38.0 Å². The zero-order valence-electron chi connectivity index (χ0n) is 20.9. The van der Waals surface area contributed by atoms with Crippen molar-refractivity contribution in [1.82, 2.24) is 13.9 Å². The van der Waals surface area contributed by atoms with Crippen molar-refractivity contribution >= 4 is 32.7 Å². The fourth-order valence-electron chi connectivity index (χ4n) is 4.41. The average Bonchev–Trinajstić information content (AvgIpc) is 3.20. The number of anilines is 1. The molecular weight excluding hydrogens is 448 g/mol. The van der Waals surface area contributed by atoms with E-state index in [2.05, 4.69) is 31.3 Å². The summed E-state index contributed by atoms with van der Waals surface area (Å²) >= 11 is 0. The van der Waals surface area contributed by atoms with Gasteiger partial charge < -0.3 is 9.88 Å². The van der Waals surface area contributed by atoms with Gasteiger partial charge in [0.25, 0.3) is 0 Å². The number of nitrogens with one attached hydrogen (secondary N) is 1. The predicted molar refractivity (Wildman–Crippen MR) is 138 cm³/mol. The van der Waals surface area contributed by atoms with Crippen LogP contribution in [0.3, 0.4) is 0 Å². The van der Waals surface area contributed by atoms with Gasteiger partial charge in [0, 0.05) is 38.2 Å². The van der Waals surface area contributed by atoms with E-state index in [1.165, 1.54) is 4.31 Å². The van der Waals surface area contributed by atoms with Crippen LogP contribution in [-0.4, -0.2) is 41.3 Å². The van der Waals surface area contributed by atoms with Gasteiger partial charge in [0.2, 0.25) is 15.9 Å². The van der Waals surface area contributed by atoms with Gasteiger partial charge in [-0.15, -0.1) is 0 Å². The number of amides is 1. The highest BCUT2D eigenvalue weighted by atomic mass is 32.2. The Bertz CT molecular complexity index is 1240. The number of hydrogen-bond donors (Lipinski definition) is 1. The molecule has 2 aromatic carbocycles. The molecule has 0 saturated carbocycles. The van der Waals surface area contributed by atoms with Crippen LogP contribution < -0.4 is 5.32 Å². The van der Waals surface area contributed by atoms with Crippen LogP contribution in [0.5, 0.6) is 0 Å². The number of carbonyl (C=O) groups is 1. The van der Waals surface area contributed by atoms with Crippen LogP contribution in [0.2, 0.25) is 0 Å². The van der Waals surface area contributed by atoms with Gasteiger partial charge in [0.05, 0.1) is 15.9 Å². The number of sulfonamides is 1. The number of carbonyl (C=O) groups excluding carboxylic acids is 1. The highest BCUT2D eigenvalue weighted by Crippen LogP contribution is 2.25. The number of imidazole rings is 1. The number of aryl methyl sites for hydroxylation is 4. The molecule has 1 N–H and O–H groups in total. The van der Waals surface area contributed by atoms with E-state index < -0.39 is 10.0 Å². The molecule has 1 aromatic heterocycles. The molecule has 0 radical (unpaired) electrons. The van der Waals surface area contributed by atoms with Gasteiger partial charge in [-0.25, -0.2) is 13.4 Å². The third kappa shape index (κ3) is 5.18. The predicted octanol–water partition coefficient (Wildman–Crippen LogP) is 4.78. The lowest BCUT2D eigenvalue weighted by molar-refractivity contribution is -0.116. The first kappa shape index (κ1) is 25.9. The smallest absolute Gasteiger partial charge is 0.243 e. The van der Waals surface area contributed by atoms with Crippen LogP contribution in [-0.2, 0) is 40.6 Å². The van der Waals surface area contributed by atoms with Gasteiger partial charge in [-0.2, -0.15) is 4.31 Å². The third-order valence-electron chi connectivity index (χ3n) is 6.30. The van der Waals surface area contributed by atoms with E-state index in [1.807, 2.05) is 37.5 Å². The highest BCUT2D eigenvalue weighted by molar-refractivity contribution is 7.89. The standard InChI is InChI=1S/C26H36N4O3S/c1-6-19-12-11-13-20(7-2)26(19)28-25(31)17-16-24-27-22-18-21(14-15-23(22)30(24)10-5)34(32,33)29(8-3)9-4/h11-15,18H,6-10,16-17H2,1-5H3,(H,28,31). The molecule has 0 aliphatic carbocycles. The van der Waals surface area contributed by atoms with Crippen molar-refractivity contribution in [3.63, 3.8) is 0 Å². The maximum atomic E-state index is 12.9. The summed E-state index contributed by atoms with van der Waals surface area (Å²) in [6, 6.07) is 11.2. The first-order valence-corrected chi connectivity index (χ1v) is 13.6. The second-order valence-corrected chi connectivity index (χ2v) is 10.2. The van der Waals surface area contributed by atoms with E-state index in [0.717, 1.165) is 41.0 Å². The summed E-state index contributed by atoms with van der Waals surface area (Å²) in [6.45, 7) is 11.4. The molecule has 1 heterocycles. The first-order valence-electron chi connectivity index (χ1n) is 12.2. The Kier molecular flexibility index (Phi) is 8.49. The maximum Gasteiger partial charge on any atom is 0.243 e. The van der Waals surface area contributed by atoms with Gasteiger partial charge in [0.1, 0.15) is 5.82 Å². The van der Waals surface area contributed by atoms with Crippen molar-refractivity contribution in [3.8, 4) is 0 Å². The van der Waals surface area contributed by atoms with Gasteiger partial charge >= 0.3 is 0 Å². The SMILES string of the molecule is CCc1cccc(CC)c1NC(=O)CCc1nc2cc(S(=O)(=O)N(CC)CC)ccc2n1CC. The van der Waals surface area contributed by atoms with E-state index in [9.17, 15) is 13.2 Å². The van der Waals surface area contributed by atoms with E-state index in [1.54, 1.807) is 12.1 Å². The van der Waals surface area contributed by atoms with Crippen molar-refractivity contribution in [3.05, 3.63) is 53.3 Å².